The molecule has 0 aromatic heterocycles. The fraction of sp³-hybridized carbons (Fsp3) is 0.667. The molecule has 0 N–H and O–H groups in total. The van der Waals surface area contributed by atoms with Crippen molar-refractivity contribution in [1.82, 2.24) is 14.7 Å². The van der Waals surface area contributed by atoms with Crippen LogP contribution in [0.1, 0.15) is 37.8 Å². The molecular weight excluding hydrogens is 378 g/mol. The van der Waals surface area contributed by atoms with E-state index in [-0.39, 0.29) is 23.7 Å². The lowest BCUT2D eigenvalue weighted by molar-refractivity contribution is -0.142. The van der Waals surface area contributed by atoms with Crippen molar-refractivity contribution in [3.8, 4) is 5.75 Å². The van der Waals surface area contributed by atoms with Crippen LogP contribution in [-0.2, 0) is 22.6 Å². The molecule has 162 valence electrons. The molecule has 0 radical (unpaired) electrons. The summed E-state index contributed by atoms with van der Waals surface area (Å²) in [5.41, 5.74) is 2.15. The van der Waals surface area contributed by atoms with E-state index in [2.05, 4.69) is 28.0 Å². The molecule has 6 nitrogen and oxygen atoms in total. The number of hydrogen-bond donors (Lipinski definition) is 0. The van der Waals surface area contributed by atoms with Crippen LogP contribution in [0.2, 0.25) is 0 Å². The third-order valence-electron chi connectivity index (χ3n) is 7.46. The van der Waals surface area contributed by atoms with Crippen molar-refractivity contribution in [3.05, 3.63) is 29.3 Å². The molecule has 0 aliphatic carbocycles. The van der Waals surface area contributed by atoms with Gasteiger partial charge in [-0.2, -0.15) is 0 Å². The van der Waals surface area contributed by atoms with Crippen molar-refractivity contribution in [1.29, 1.82) is 0 Å². The molecule has 0 unspecified atom stereocenters. The molecule has 4 heterocycles. The largest absolute Gasteiger partial charge is 0.493 e. The summed E-state index contributed by atoms with van der Waals surface area (Å²) in [5, 5.41) is 0. The zero-order valence-electron chi connectivity index (χ0n) is 18.2. The maximum atomic E-state index is 13.7. The second-order valence-electron chi connectivity index (χ2n) is 9.94. The van der Waals surface area contributed by atoms with Gasteiger partial charge < -0.3 is 14.5 Å². The van der Waals surface area contributed by atoms with E-state index in [1.54, 1.807) is 0 Å². The van der Waals surface area contributed by atoms with E-state index in [9.17, 15) is 9.59 Å². The highest BCUT2D eigenvalue weighted by Crippen LogP contribution is 2.45. The summed E-state index contributed by atoms with van der Waals surface area (Å²) in [7, 11) is 0. The highest BCUT2D eigenvalue weighted by molar-refractivity contribution is 5.87. The van der Waals surface area contributed by atoms with Gasteiger partial charge in [-0.15, -0.1) is 0 Å². The summed E-state index contributed by atoms with van der Waals surface area (Å²) in [6.07, 6.45) is 3.18. The van der Waals surface area contributed by atoms with Crippen molar-refractivity contribution < 1.29 is 14.3 Å². The molecule has 4 aliphatic heterocycles. The molecule has 4 aliphatic rings. The first-order valence-corrected chi connectivity index (χ1v) is 11.5. The molecule has 3 fully saturated rings. The molecule has 3 saturated heterocycles. The number of ether oxygens (including phenoxy) is 1. The van der Waals surface area contributed by atoms with Crippen molar-refractivity contribution >= 4 is 11.8 Å². The second kappa shape index (κ2) is 7.56. The first-order valence-electron chi connectivity index (χ1n) is 11.5. The summed E-state index contributed by atoms with van der Waals surface area (Å²) in [6.45, 7) is 10.2. The van der Waals surface area contributed by atoms with Gasteiger partial charge in [0.25, 0.3) is 0 Å². The Bertz CT molecular complexity index is 848. The smallest absolute Gasteiger partial charge is 0.232 e. The summed E-state index contributed by atoms with van der Waals surface area (Å²) in [4.78, 5) is 32.9. The standard InChI is InChI=1S/C24H33N3O3/c1-17(2)22(28)27-14-20-13-25(12-18-5-6-21-19(11-18)7-10-30-21)15-24(20,16-27)23(29)26-8-3-4-9-26/h5-6,11,17,20H,3-4,7-10,12-16H2,1-2H3/t20-,24-/m1/s1. The Balaban J connectivity index is 1.36. The third-order valence-corrected chi connectivity index (χ3v) is 7.46. The van der Waals surface area contributed by atoms with Gasteiger partial charge in [-0.3, -0.25) is 14.5 Å². The normalized spacial score (nSPS) is 28.2. The summed E-state index contributed by atoms with van der Waals surface area (Å²) >= 11 is 0. The van der Waals surface area contributed by atoms with Crippen LogP contribution in [0, 0.1) is 17.3 Å². The van der Waals surface area contributed by atoms with Gasteiger partial charge in [-0.1, -0.05) is 26.0 Å². The zero-order chi connectivity index (χ0) is 20.9. The molecule has 1 aromatic carbocycles. The van der Waals surface area contributed by atoms with Crippen molar-refractivity contribution in [2.24, 2.45) is 17.3 Å². The lowest BCUT2D eigenvalue weighted by Gasteiger charge is -2.32. The average molecular weight is 412 g/mol. The number of carbonyl (C=O) groups excluding carboxylic acids is 2. The molecular formula is C24H33N3O3. The van der Waals surface area contributed by atoms with Gasteiger partial charge in [0.15, 0.2) is 0 Å². The Morgan fingerprint density at radius 1 is 1.13 bits per heavy atom. The quantitative estimate of drug-likeness (QED) is 0.762. The van der Waals surface area contributed by atoms with Gasteiger partial charge in [0.2, 0.25) is 11.8 Å². The fourth-order valence-corrected chi connectivity index (χ4v) is 5.96. The Morgan fingerprint density at radius 2 is 1.93 bits per heavy atom. The van der Waals surface area contributed by atoms with Crippen molar-refractivity contribution in [2.75, 3.05) is 45.9 Å². The van der Waals surface area contributed by atoms with Crippen LogP contribution in [-0.4, -0.2) is 72.4 Å². The molecule has 30 heavy (non-hydrogen) atoms. The minimum atomic E-state index is -0.436. The monoisotopic (exact) mass is 411 g/mol. The van der Waals surface area contributed by atoms with E-state index in [4.69, 9.17) is 4.74 Å². The van der Waals surface area contributed by atoms with Crippen LogP contribution in [0.4, 0.5) is 0 Å². The number of nitrogens with zero attached hydrogens (tertiary/aromatic N) is 3. The van der Waals surface area contributed by atoms with Crippen LogP contribution < -0.4 is 4.74 Å². The van der Waals surface area contributed by atoms with E-state index in [0.717, 1.165) is 64.3 Å². The average Bonchev–Trinajstić information content (AvgIpc) is 3.49. The molecule has 0 spiro atoms. The summed E-state index contributed by atoms with van der Waals surface area (Å²) < 4.78 is 5.64. The first kappa shape index (κ1) is 19.9. The fourth-order valence-electron chi connectivity index (χ4n) is 5.96. The van der Waals surface area contributed by atoms with E-state index in [0.29, 0.717) is 13.1 Å². The maximum Gasteiger partial charge on any atom is 0.232 e. The van der Waals surface area contributed by atoms with E-state index in [1.807, 2.05) is 18.7 Å². The third kappa shape index (κ3) is 3.29. The number of rotatable bonds is 4. The van der Waals surface area contributed by atoms with Gasteiger partial charge in [-0.25, -0.2) is 0 Å². The van der Waals surface area contributed by atoms with Crippen LogP contribution in [0.15, 0.2) is 18.2 Å². The lowest BCUT2D eigenvalue weighted by Crippen LogP contribution is -2.49. The molecule has 2 atom stereocenters. The molecule has 2 amide bonds. The Kier molecular flexibility index (Phi) is 5.00. The minimum Gasteiger partial charge on any atom is -0.493 e. The lowest BCUT2D eigenvalue weighted by atomic mass is 9.79. The maximum absolute atomic E-state index is 13.7. The van der Waals surface area contributed by atoms with Crippen LogP contribution >= 0.6 is 0 Å². The number of fused-ring (bicyclic) bond motifs is 2. The summed E-state index contributed by atoms with van der Waals surface area (Å²) in [5.74, 6) is 1.69. The number of amides is 2. The highest BCUT2D eigenvalue weighted by atomic mass is 16.5. The molecule has 5 rings (SSSR count). The van der Waals surface area contributed by atoms with E-state index >= 15 is 0 Å². The van der Waals surface area contributed by atoms with Crippen molar-refractivity contribution in [2.45, 2.75) is 39.7 Å². The minimum absolute atomic E-state index is 0.0208. The second-order valence-corrected chi connectivity index (χ2v) is 9.94. The predicted octanol–water partition coefficient (Wildman–Crippen LogP) is 2.16. The molecule has 1 aromatic rings. The van der Waals surface area contributed by atoms with Crippen LogP contribution in [0.5, 0.6) is 5.75 Å². The van der Waals surface area contributed by atoms with E-state index in [1.165, 1.54) is 11.1 Å². The van der Waals surface area contributed by atoms with E-state index < -0.39 is 5.41 Å². The van der Waals surface area contributed by atoms with Gasteiger partial charge >= 0.3 is 0 Å². The Morgan fingerprint density at radius 3 is 2.70 bits per heavy atom. The van der Waals surface area contributed by atoms with Crippen molar-refractivity contribution in [3.63, 3.8) is 0 Å². The van der Waals surface area contributed by atoms with Crippen LogP contribution in [0.25, 0.3) is 0 Å². The highest BCUT2D eigenvalue weighted by Gasteiger charge is 2.59. The molecule has 0 saturated carbocycles. The number of carbonyl (C=O) groups is 2. The van der Waals surface area contributed by atoms with Gasteiger partial charge in [0, 0.05) is 64.1 Å². The SMILES string of the molecule is CC(C)C(=O)N1C[C@H]2CN(Cc3ccc4c(c3)CCO4)C[C@@]2(C(=O)N2CCCC2)C1. The van der Waals surface area contributed by atoms with Gasteiger partial charge in [0.05, 0.1) is 12.0 Å². The molecule has 6 heteroatoms. The Labute approximate surface area is 179 Å². The first-order chi connectivity index (χ1) is 14.5. The number of likely N-dealkylation sites (tertiary alicyclic amines) is 3. The Hall–Kier alpha value is -2.08. The van der Waals surface area contributed by atoms with Gasteiger partial charge in [-0.05, 0) is 30.0 Å². The summed E-state index contributed by atoms with van der Waals surface area (Å²) in [6, 6.07) is 6.50. The predicted molar refractivity (Wildman–Crippen MR) is 114 cm³/mol. The number of benzene rings is 1. The number of hydrogen-bond acceptors (Lipinski definition) is 4. The molecule has 0 bridgehead atoms. The topological polar surface area (TPSA) is 53.1 Å². The van der Waals surface area contributed by atoms with Gasteiger partial charge in [0.1, 0.15) is 5.75 Å². The zero-order valence-corrected chi connectivity index (χ0v) is 18.2. The van der Waals surface area contributed by atoms with Crippen LogP contribution in [0.3, 0.4) is 0 Å².